The van der Waals surface area contributed by atoms with E-state index in [0.29, 0.717) is 38.4 Å². The zero-order valence-electron chi connectivity index (χ0n) is 21.0. The van der Waals surface area contributed by atoms with Crippen LogP contribution in [0.15, 0.2) is 79.1 Å². The molecule has 196 valence electrons. The van der Waals surface area contributed by atoms with Gasteiger partial charge in [0.05, 0.1) is 28.7 Å². The van der Waals surface area contributed by atoms with Gasteiger partial charge in [-0.15, -0.1) is 5.10 Å². The average molecular weight is 524 g/mol. The van der Waals surface area contributed by atoms with Gasteiger partial charge in [-0.2, -0.15) is 0 Å². The maximum absolute atomic E-state index is 13.0. The van der Waals surface area contributed by atoms with Crippen LogP contribution in [0.25, 0.3) is 22.6 Å². The number of carbonyl (C=O) groups excluding carboxylic acids is 1. The number of imidazole rings is 1. The summed E-state index contributed by atoms with van der Waals surface area (Å²) >= 11 is 0. The maximum atomic E-state index is 13.0. The summed E-state index contributed by atoms with van der Waals surface area (Å²) in [4.78, 5) is 36.7. The van der Waals surface area contributed by atoms with E-state index in [1.165, 1.54) is 12.1 Å². The summed E-state index contributed by atoms with van der Waals surface area (Å²) in [5, 5.41) is 19.4. The van der Waals surface area contributed by atoms with E-state index in [0.717, 1.165) is 28.2 Å². The summed E-state index contributed by atoms with van der Waals surface area (Å²) in [6.45, 7) is 2.96. The minimum Gasteiger partial charge on any atom is -0.368 e. The van der Waals surface area contributed by atoms with Crippen LogP contribution in [0.2, 0.25) is 0 Å². The molecule has 0 N–H and O–H groups in total. The number of pyridine rings is 1. The summed E-state index contributed by atoms with van der Waals surface area (Å²) in [6.07, 6.45) is 3.54. The predicted octanol–water partition coefficient (Wildman–Crippen LogP) is 3.00. The number of fused-ring (bicyclic) bond motifs is 1. The van der Waals surface area contributed by atoms with Crippen molar-refractivity contribution in [3.63, 3.8) is 0 Å². The Morgan fingerprint density at radius 2 is 1.72 bits per heavy atom. The lowest BCUT2D eigenvalue weighted by Gasteiger charge is -2.36. The lowest BCUT2D eigenvalue weighted by molar-refractivity contribution is -0.384. The van der Waals surface area contributed by atoms with E-state index in [1.807, 2.05) is 47.4 Å². The van der Waals surface area contributed by atoms with Gasteiger partial charge in [0.1, 0.15) is 17.9 Å². The SMILES string of the molecule is O=C(Cn1cc(Cn2c(-c3ccccn3)nc3ccccc32)nn1)N1CCN(c2ccc([N+](=O)[O-])cc2)CC1. The number of para-hydroxylation sites is 2. The van der Waals surface area contributed by atoms with Crippen molar-refractivity contribution < 1.29 is 9.72 Å². The second-order valence-corrected chi connectivity index (χ2v) is 9.27. The molecule has 1 aliphatic heterocycles. The highest BCUT2D eigenvalue weighted by Gasteiger charge is 2.23. The number of aromatic nitrogens is 6. The highest BCUT2D eigenvalue weighted by atomic mass is 16.6. The van der Waals surface area contributed by atoms with E-state index >= 15 is 0 Å². The Balaban J connectivity index is 1.11. The molecule has 0 radical (unpaired) electrons. The molecule has 12 nitrogen and oxygen atoms in total. The Morgan fingerprint density at radius 1 is 0.949 bits per heavy atom. The van der Waals surface area contributed by atoms with Crippen molar-refractivity contribution in [1.29, 1.82) is 0 Å². The number of rotatable bonds is 7. The lowest BCUT2D eigenvalue weighted by atomic mass is 10.2. The Hall–Kier alpha value is -5.13. The first-order valence-corrected chi connectivity index (χ1v) is 12.6. The van der Waals surface area contributed by atoms with Crippen molar-refractivity contribution >= 4 is 28.3 Å². The average Bonchev–Trinajstić information content (AvgIpc) is 3.58. The summed E-state index contributed by atoms with van der Waals surface area (Å²) in [5.74, 6) is 0.713. The van der Waals surface area contributed by atoms with E-state index in [9.17, 15) is 14.9 Å². The first kappa shape index (κ1) is 24.2. The van der Waals surface area contributed by atoms with Gasteiger partial charge in [0.2, 0.25) is 5.91 Å². The molecule has 6 rings (SSSR count). The molecule has 0 bridgehead atoms. The lowest BCUT2D eigenvalue weighted by Crippen LogP contribution is -2.49. The summed E-state index contributed by atoms with van der Waals surface area (Å²) in [6, 6.07) is 20.1. The van der Waals surface area contributed by atoms with Crippen LogP contribution in [0.3, 0.4) is 0 Å². The molecule has 2 aromatic carbocycles. The third-order valence-electron chi connectivity index (χ3n) is 6.81. The van der Waals surface area contributed by atoms with Crippen molar-refractivity contribution in [2.24, 2.45) is 0 Å². The van der Waals surface area contributed by atoms with Gasteiger partial charge in [-0.3, -0.25) is 19.9 Å². The Morgan fingerprint density at radius 3 is 2.46 bits per heavy atom. The highest BCUT2D eigenvalue weighted by molar-refractivity contribution is 5.80. The number of anilines is 1. The van der Waals surface area contributed by atoms with Crippen molar-refractivity contribution in [3.05, 3.63) is 94.9 Å². The molecule has 0 saturated carbocycles. The Bertz CT molecular complexity index is 1620. The number of piperazine rings is 1. The fourth-order valence-electron chi connectivity index (χ4n) is 4.81. The van der Waals surface area contributed by atoms with E-state index in [2.05, 4.69) is 24.8 Å². The first-order valence-electron chi connectivity index (χ1n) is 12.6. The van der Waals surface area contributed by atoms with Gasteiger partial charge in [0.15, 0.2) is 5.82 Å². The molecular formula is C27H25N9O3. The standard InChI is InChI=1S/C27H25N9O3/c37-26(33-15-13-32(14-16-33)21-8-10-22(11-9-21)36(38)39)19-34-17-20(30-31-34)18-35-25-7-2-1-5-23(25)29-27(35)24-6-3-4-12-28-24/h1-12,17H,13-16,18-19H2. The van der Waals surface area contributed by atoms with Gasteiger partial charge in [-0.05, 0) is 36.4 Å². The molecule has 1 fully saturated rings. The molecule has 0 atom stereocenters. The van der Waals surface area contributed by atoms with Gasteiger partial charge < -0.3 is 14.4 Å². The molecule has 0 spiro atoms. The summed E-state index contributed by atoms with van der Waals surface area (Å²) in [5.41, 5.74) is 4.29. The molecule has 0 unspecified atom stereocenters. The second kappa shape index (κ2) is 10.3. The van der Waals surface area contributed by atoms with Gasteiger partial charge >= 0.3 is 0 Å². The van der Waals surface area contributed by atoms with E-state index < -0.39 is 4.92 Å². The predicted molar refractivity (Wildman–Crippen MR) is 144 cm³/mol. The van der Waals surface area contributed by atoms with Gasteiger partial charge in [0, 0.05) is 50.2 Å². The summed E-state index contributed by atoms with van der Waals surface area (Å²) in [7, 11) is 0. The van der Waals surface area contributed by atoms with Crippen LogP contribution in [-0.2, 0) is 17.9 Å². The number of nitro benzene ring substituents is 1. The van der Waals surface area contributed by atoms with Gasteiger partial charge in [-0.25, -0.2) is 9.67 Å². The number of carbonyl (C=O) groups is 1. The largest absolute Gasteiger partial charge is 0.368 e. The number of nitro groups is 1. The molecular weight excluding hydrogens is 498 g/mol. The zero-order valence-corrected chi connectivity index (χ0v) is 21.0. The van der Waals surface area contributed by atoms with E-state index in [-0.39, 0.29) is 18.1 Å². The fraction of sp³-hybridized carbons (Fsp3) is 0.222. The van der Waals surface area contributed by atoms with Crippen LogP contribution in [0.4, 0.5) is 11.4 Å². The zero-order chi connectivity index (χ0) is 26.8. The normalized spacial score (nSPS) is 13.6. The molecule has 1 aliphatic rings. The number of benzene rings is 2. The molecule has 1 saturated heterocycles. The molecule has 3 aromatic heterocycles. The third kappa shape index (κ3) is 5.04. The summed E-state index contributed by atoms with van der Waals surface area (Å²) < 4.78 is 3.63. The molecule has 12 heteroatoms. The monoisotopic (exact) mass is 523 g/mol. The van der Waals surface area contributed by atoms with Crippen LogP contribution in [-0.4, -0.2) is 71.4 Å². The van der Waals surface area contributed by atoms with Crippen molar-refractivity contribution in [2.45, 2.75) is 13.1 Å². The maximum Gasteiger partial charge on any atom is 0.269 e. The van der Waals surface area contributed by atoms with Crippen LogP contribution < -0.4 is 4.90 Å². The smallest absolute Gasteiger partial charge is 0.269 e. The molecule has 0 aliphatic carbocycles. The minimum absolute atomic E-state index is 0.0305. The van der Waals surface area contributed by atoms with E-state index in [4.69, 9.17) is 4.98 Å². The highest BCUT2D eigenvalue weighted by Crippen LogP contribution is 2.24. The van der Waals surface area contributed by atoms with Crippen LogP contribution in [0, 0.1) is 10.1 Å². The van der Waals surface area contributed by atoms with Gasteiger partial charge in [-0.1, -0.05) is 23.4 Å². The van der Waals surface area contributed by atoms with Crippen molar-refractivity contribution in [2.75, 3.05) is 31.1 Å². The minimum atomic E-state index is -0.410. The van der Waals surface area contributed by atoms with Crippen LogP contribution in [0.1, 0.15) is 5.69 Å². The van der Waals surface area contributed by atoms with Crippen LogP contribution >= 0.6 is 0 Å². The first-order chi connectivity index (χ1) is 19.0. The Kier molecular flexibility index (Phi) is 6.41. The van der Waals surface area contributed by atoms with Gasteiger partial charge in [0.25, 0.3) is 5.69 Å². The number of nitrogens with zero attached hydrogens (tertiary/aromatic N) is 9. The molecule has 4 heterocycles. The number of hydrogen-bond donors (Lipinski definition) is 0. The van der Waals surface area contributed by atoms with Crippen LogP contribution in [0.5, 0.6) is 0 Å². The third-order valence-corrected chi connectivity index (χ3v) is 6.81. The quantitative estimate of drug-likeness (QED) is 0.235. The second-order valence-electron chi connectivity index (χ2n) is 9.27. The number of hydrogen-bond acceptors (Lipinski definition) is 8. The van der Waals surface area contributed by atoms with E-state index in [1.54, 1.807) is 29.2 Å². The molecule has 39 heavy (non-hydrogen) atoms. The van der Waals surface area contributed by atoms with Crippen molar-refractivity contribution in [1.82, 2.24) is 34.4 Å². The van der Waals surface area contributed by atoms with Crippen molar-refractivity contribution in [3.8, 4) is 11.5 Å². The number of amides is 1. The molecule has 1 amide bonds. The number of non-ortho nitro benzene ring substituents is 1. The Labute approximate surface area is 223 Å². The fourth-order valence-corrected chi connectivity index (χ4v) is 4.81. The molecule has 5 aromatic rings. The topological polar surface area (TPSA) is 128 Å².